The highest BCUT2D eigenvalue weighted by molar-refractivity contribution is 9.10. The third kappa shape index (κ3) is 6.49. The monoisotopic (exact) mass is 610 g/mol. The van der Waals surface area contributed by atoms with Crippen LogP contribution in [-0.4, -0.2) is 35.5 Å². The van der Waals surface area contributed by atoms with E-state index in [0.29, 0.717) is 38.8 Å². The number of amides is 1. The van der Waals surface area contributed by atoms with Crippen LogP contribution in [0.2, 0.25) is 5.02 Å². The van der Waals surface area contributed by atoms with E-state index in [1.54, 1.807) is 24.3 Å². The standard InChI is InChI=1S/C29H28BrClN4O4/c1-5-17(2)28-34-24-11-10-20(30)13-22(24)29(37)35(28)32-15-19-12-21(31)14-25(38-4)27(19)39-16-26(36)33-23-9-7-6-8-18(23)3/h6-15,17H,5,16H2,1-4H3,(H,33,36)/t17-/m0/s1. The van der Waals surface area contributed by atoms with Crippen LogP contribution in [0.15, 0.2) is 69.0 Å². The second kappa shape index (κ2) is 12.4. The molecule has 10 heteroatoms. The molecule has 0 aliphatic rings. The molecule has 0 saturated heterocycles. The lowest BCUT2D eigenvalue weighted by molar-refractivity contribution is -0.118. The number of carbonyl (C=O) groups is 1. The zero-order chi connectivity index (χ0) is 28.1. The van der Waals surface area contributed by atoms with Crippen LogP contribution in [0.5, 0.6) is 11.5 Å². The highest BCUT2D eigenvalue weighted by Gasteiger charge is 2.18. The van der Waals surface area contributed by atoms with Gasteiger partial charge in [0.2, 0.25) is 0 Å². The van der Waals surface area contributed by atoms with Crippen LogP contribution < -0.4 is 20.3 Å². The van der Waals surface area contributed by atoms with Crippen molar-refractivity contribution >= 4 is 56.2 Å². The molecule has 202 valence electrons. The Kier molecular flexibility index (Phi) is 9.04. The van der Waals surface area contributed by atoms with E-state index >= 15 is 0 Å². The van der Waals surface area contributed by atoms with Gasteiger partial charge in [0.25, 0.3) is 11.5 Å². The number of anilines is 1. The van der Waals surface area contributed by atoms with Crippen molar-refractivity contribution < 1.29 is 14.3 Å². The number of hydrogen-bond donors (Lipinski definition) is 1. The molecule has 4 rings (SSSR count). The number of methoxy groups -OCH3 is 1. The van der Waals surface area contributed by atoms with Crippen molar-refractivity contribution in [3.63, 3.8) is 0 Å². The predicted octanol–water partition coefficient (Wildman–Crippen LogP) is 6.54. The molecule has 0 radical (unpaired) electrons. The van der Waals surface area contributed by atoms with Gasteiger partial charge >= 0.3 is 0 Å². The Bertz CT molecular complexity index is 1620. The number of carbonyl (C=O) groups excluding carboxylic acids is 1. The molecule has 8 nitrogen and oxygen atoms in total. The molecule has 1 amide bonds. The number of nitrogens with zero attached hydrogens (tertiary/aromatic N) is 3. The van der Waals surface area contributed by atoms with Gasteiger partial charge in [-0.05, 0) is 49.2 Å². The van der Waals surface area contributed by atoms with E-state index in [0.717, 1.165) is 16.5 Å². The molecule has 1 atom stereocenters. The second-order valence-electron chi connectivity index (χ2n) is 8.98. The first-order valence-electron chi connectivity index (χ1n) is 12.3. The average Bonchev–Trinajstić information content (AvgIpc) is 2.92. The topological polar surface area (TPSA) is 94.8 Å². The van der Waals surface area contributed by atoms with E-state index in [-0.39, 0.29) is 29.7 Å². The zero-order valence-corrected chi connectivity index (χ0v) is 24.3. The van der Waals surface area contributed by atoms with Crippen LogP contribution in [-0.2, 0) is 4.79 Å². The molecule has 0 aliphatic heterocycles. The highest BCUT2D eigenvalue weighted by Crippen LogP contribution is 2.34. The van der Waals surface area contributed by atoms with Gasteiger partial charge < -0.3 is 14.8 Å². The Morgan fingerprint density at radius 2 is 2.00 bits per heavy atom. The summed E-state index contributed by atoms with van der Waals surface area (Å²) in [5.41, 5.74) is 2.35. The van der Waals surface area contributed by atoms with Gasteiger partial charge in [0.15, 0.2) is 18.1 Å². The number of nitrogens with one attached hydrogen (secondary N) is 1. The summed E-state index contributed by atoms with van der Waals surface area (Å²) >= 11 is 9.76. The highest BCUT2D eigenvalue weighted by atomic mass is 79.9. The summed E-state index contributed by atoms with van der Waals surface area (Å²) < 4.78 is 13.4. The lowest BCUT2D eigenvalue weighted by Gasteiger charge is -2.16. The quantitative estimate of drug-likeness (QED) is 0.217. The van der Waals surface area contributed by atoms with Crippen molar-refractivity contribution in [2.75, 3.05) is 19.0 Å². The van der Waals surface area contributed by atoms with Crippen LogP contribution in [0, 0.1) is 6.92 Å². The number of benzene rings is 3. The van der Waals surface area contributed by atoms with E-state index in [1.165, 1.54) is 18.0 Å². The van der Waals surface area contributed by atoms with Gasteiger partial charge in [-0.15, -0.1) is 0 Å². The van der Waals surface area contributed by atoms with Gasteiger partial charge in [-0.2, -0.15) is 9.78 Å². The minimum Gasteiger partial charge on any atom is -0.493 e. The number of para-hydroxylation sites is 1. The normalized spacial score (nSPS) is 12.1. The molecule has 3 aromatic carbocycles. The molecule has 1 N–H and O–H groups in total. The lowest BCUT2D eigenvalue weighted by Crippen LogP contribution is -2.24. The summed E-state index contributed by atoms with van der Waals surface area (Å²) in [4.78, 5) is 30.9. The Balaban J connectivity index is 1.71. The van der Waals surface area contributed by atoms with Crippen LogP contribution >= 0.6 is 27.5 Å². The Morgan fingerprint density at radius 3 is 2.72 bits per heavy atom. The minimum absolute atomic E-state index is 0.0300. The van der Waals surface area contributed by atoms with E-state index in [1.807, 2.05) is 51.1 Å². The fourth-order valence-corrected chi connectivity index (χ4v) is 4.50. The van der Waals surface area contributed by atoms with Crippen LogP contribution in [0.3, 0.4) is 0 Å². The Hall–Kier alpha value is -3.69. The number of ether oxygens (including phenoxy) is 2. The summed E-state index contributed by atoms with van der Waals surface area (Å²) in [5.74, 6) is 0.743. The zero-order valence-electron chi connectivity index (χ0n) is 22.0. The predicted molar refractivity (Wildman–Crippen MR) is 159 cm³/mol. The molecule has 0 saturated carbocycles. The smallest absolute Gasteiger partial charge is 0.282 e. The third-order valence-electron chi connectivity index (χ3n) is 6.23. The molecule has 4 aromatic rings. The molecule has 0 unspecified atom stereocenters. The summed E-state index contributed by atoms with van der Waals surface area (Å²) in [7, 11) is 1.48. The molecule has 0 fully saturated rings. The first kappa shape index (κ1) is 28.3. The molecule has 0 aliphatic carbocycles. The third-order valence-corrected chi connectivity index (χ3v) is 6.95. The molecule has 1 aromatic heterocycles. The molecule has 0 spiro atoms. The second-order valence-corrected chi connectivity index (χ2v) is 10.3. The van der Waals surface area contributed by atoms with Gasteiger partial charge in [0.1, 0.15) is 5.82 Å². The molecular weight excluding hydrogens is 584 g/mol. The van der Waals surface area contributed by atoms with Gasteiger partial charge in [-0.25, -0.2) is 4.98 Å². The Morgan fingerprint density at radius 1 is 1.23 bits per heavy atom. The van der Waals surface area contributed by atoms with E-state index in [9.17, 15) is 9.59 Å². The first-order valence-corrected chi connectivity index (χ1v) is 13.5. The van der Waals surface area contributed by atoms with Gasteiger partial charge in [0, 0.05) is 32.7 Å². The lowest BCUT2D eigenvalue weighted by atomic mass is 10.1. The number of hydrogen-bond acceptors (Lipinski definition) is 6. The Labute approximate surface area is 239 Å². The number of aromatic nitrogens is 2. The molecule has 39 heavy (non-hydrogen) atoms. The van der Waals surface area contributed by atoms with E-state index in [4.69, 9.17) is 26.1 Å². The van der Waals surface area contributed by atoms with Crippen molar-refractivity contribution in [1.82, 2.24) is 9.66 Å². The fourth-order valence-electron chi connectivity index (χ4n) is 3.93. The number of rotatable bonds is 9. The summed E-state index contributed by atoms with van der Waals surface area (Å²) in [5, 5.41) is 8.16. The summed E-state index contributed by atoms with van der Waals surface area (Å²) in [6.45, 7) is 5.63. The van der Waals surface area contributed by atoms with Crippen molar-refractivity contribution in [3.05, 3.63) is 91.4 Å². The minimum atomic E-state index is -0.344. The van der Waals surface area contributed by atoms with Crippen molar-refractivity contribution in [1.29, 1.82) is 0 Å². The molecule has 1 heterocycles. The maximum absolute atomic E-state index is 13.5. The van der Waals surface area contributed by atoms with E-state index in [2.05, 4.69) is 26.3 Å². The number of aryl methyl sites for hydroxylation is 1. The largest absolute Gasteiger partial charge is 0.493 e. The number of fused-ring (bicyclic) bond motifs is 1. The number of halogens is 2. The van der Waals surface area contributed by atoms with Crippen LogP contribution in [0.1, 0.15) is 43.1 Å². The van der Waals surface area contributed by atoms with Gasteiger partial charge in [0.05, 0.1) is 24.2 Å². The van der Waals surface area contributed by atoms with Crippen molar-refractivity contribution in [2.45, 2.75) is 33.1 Å². The van der Waals surface area contributed by atoms with Gasteiger partial charge in [-0.1, -0.05) is 59.6 Å². The van der Waals surface area contributed by atoms with Crippen molar-refractivity contribution in [2.24, 2.45) is 5.10 Å². The average molecular weight is 612 g/mol. The van der Waals surface area contributed by atoms with E-state index < -0.39 is 0 Å². The SMILES string of the molecule is CC[C@H](C)c1nc2ccc(Br)cc2c(=O)n1N=Cc1cc(Cl)cc(OC)c1OCC(=O)Nc1ccccc1C. The first-order chi connectivity index (χ1) is 18.7. The fraction of sp³-hybridized carbons (Fsp3) is 0.241. The van der Waals surface area contributed by atoms with Crippen LogP contribution in [0.25, 0.3) is 10.9 Å². The van der Waals surface area contributed by atoms with Gasteiger partial charge in [-0.3, -0.25) is 9.59 Å². The summed E-state index contributed by atoms with van der Waals surface area (Å²) in [6, 6.07) is 16.0. The van der Waals surface area contributed by atoms with Crippen LogP contribution in [0.4, 0.5) is 5.69 Å². The maximum Gasteiger partial charge on any atom is 0.282 e. The molecule has 0 bridgehead atoms. The summed E-state index contributed by atoms with van der Waals surface area (Å²) in [6.07, 6.45) is 2.22. The molecular formula is C29H28BrClN4O4. The maximum atomic E-state index is 13.5. The van der Waals surface area contributed by atoms with Crippen molar-refractivity contribution in [3.8, 4) is 11.5 Å².